The van der Waals surface area contributed by atoms with Crippen LogP contribution in [0, 0.1) is 0 Å². The fourth-order valence-corrected chi connectivity index (χ4v) is 2.63. The zero-order valence-corrected chi connectivity index (χ0v) is 12.4. The molecular weight excluding hydrogens is 266 g/mol. The van der Waals surface area contributed by atoms with Crippen LogP contribution in [0.4, 0.5) is 10.5 Å². The Morgan fingerprint density at radius 1 is 1.00 bits per heavy atom. The maximum Gasteiger partial charge on any atom is 0.319 e. The average molecular weight is 289 g/mol. The summed E-state index contributed by atoms with van der Waals surface area (Å²) in [7, 11) is 1.59. The largest absolute Gasteiger partial charge is 0.355 e. The van der Waals surface area contributed by atoms with E-state index in [0.717, 1.165) is 12.8 Å². The highest BCUT2D eigenvalue weighted by molar-refractivity contribution is 5.95. The van der Waals surface area contributed by atoms with Gasteiger partial charge in [-0.05, 0) is 37.1 Å². The van der Waals surface area contributed by atoms with E-state index in [2.05, 4.69) is 16.0 Å². The van der Waals surface area contributed by atoms with Crippen molar-refractivity contribution in [3.63, 3.8) is 0 Å². The van der Waals surface area contributed by atoms with E-state index in [1.807, 2.05) is 0 Å². The van der Waals surface area contributed by atoms with Gasteiger partial charge < -0.3 is 16.0 Å². The molecule has 1 aromatic rings. The highest BCUT2D eigenvalue weighted by Gasteiger charge is 2.14. The standard InChI is InChI=1S/C16H23N3O2/c1-17-15(20)12-8-10-14(11-9-12)19-16(21)18-13-6-4-2-3-5-7-13/h8-11,13H,2-7H2,1H3,(H,17,20)(H2,18,19,21). The number of urea groups is 1. The fourth-order valence-electron chi connectivity index (χ4n) is 2.63. The van der Waals surface area contributed by atoms with Crippen molar-refractivity contribution in [1.29, 1.82) is 0 Å². The van der Waals surface area contributed by atoms with Gasteiger partial charge in [0.2, 0.25) is 0 Å². The van der Waals surface area contributed by atoms with Crippen molar-refractivity contribution < 1.29 is 9.59 Å². The first-order chi connectivity index (χ1) is 10.2. The second-order valence-corrected chi connectivity index (χ2v) is 5.44. The van der Waals surface area contributed by atoms with Gasteiger partial charge in [0.25, 0.3) is 5.91 Å². The predicted molar refractivity (Wildman–Crippen MR) is 83.5 cm³/mol. The zero-order valence-electron chi connectivity index (χ0n) is 12.4. The minimum Gasteiger partial charge on any atom is -0.355 e. The Morgan fingerprint density at radius 2 is 1.62 bits per heavy atom. The van der Waals surface area contributed by atoms with Gasteiger partial charge in [-0.2, -0.15) is 0 Å². The SMILES string of the molecule is CNC(=O)c1ccc(NC(=O)NC2CCCCCC2)cc1. The summed E-state index contributed by atoms with van der Waals surface area (Å²) in [6.45, 7) is 0. The highest BCUT2D eigenvalue weighted by Crippen LogP contribution is 2.17. The Bertz CT molecular complexity index is 477. The third-order valence-electron chi connectivity index (χ3n) is 3.82. The molecule has 0 spiro atoms. The normalized spacial score (nSPS) is 15.9. The molecule has 0 atom stereocenters. The molecule has 5 heteroatoms. The number of rotatable bonds is 3. The van der Waals surface area contributed by atoms with E-state index < -0.39 is 0 Å². The Hall–Kier alpha value is -2.04. The summed E-state index contributed by atoms with van der Waals surface area (Å²) in [5.74, 6) is -0.135. The maximum absolute atomic E-state index is 12.0. The number of carbonyl (C=O) groups is 2. The van der Waals surface area contributed by atoms with Crippen molar-refractivity contribution in [1.82, 2.24) is 10.6 Å². The first kappa shape index (κ1) is 15.4. The van der Waals surface area contributed by atoms with Gasteiger partial charge in [0.1, 0.15) is 0 Å². The van der Waals surface area contributed by atoms with E-state index in [1.165, 1.54) is 25.7 Å². The Kier molecular flexibility index (Phi) is 5.60. The van der Waals surface area contributed by atoms with E-state index >= 15 is 0 Å². The third kappa shape index (κ3) is 4.77. The molecule has 0 radical (unpaired) electrons. The molecule has 1 aliphatic carbocycles. The smallest absolute Gasteiger partial charge is 0.319 e. The van der Waals surface area contributed by atoms with Crippen LogP contribution in [0.3, 0.4) is 0 Å². The summed E-state index contributed by atoms with van der Waals surface area (Å²) in [6, 6.07) is 6.96. The molecule has 3 amide bonds. The number of anilines is 1. The van der Waals surface area contributed by atoms with Gasteiger partial charge in [-0.25, -0.2) is 4.79 Å². The molecule has 0 heterocycles. The van der Waals surface area contributed by atoms with Crippen molar-refractivity contribution in [2.24, 2.45) is 0 Å². The van der Waals surface area contributed by atoms with Gasteiger partial charge in [-0.1, -0.05) is 25.7 Å². The van der Waals surface area contributed by atoms with Gasteiger partial charge in [-0.15, -0.1) is 0 Å². The number of amides is 3. The van der Waals surface area contributed by atoms with Crippen LogP contribution in [0.1, 0.15) is 48.9 Å². The summed E-state index contributed by atoms with van der Waals surface area (Å²) < 4.78 is 0. The van der Waals surface area contributed by atoms with E-state index in [9.17, 15) is 9.59 Å². The molecule has 0 unspecified atom stereocenters. The van der Waals surface area contributed by atoms with Crippen LogP contribution in [0.5, 0.6) is 0 Å². The van der Waals surface area contributed by atoms with Gasteiger partial charge in [-0.3, -0.25) is 4.79 Å². The highest BCUT2D eigenvalue weighted by atomic mass is 16.2. The van der Waals surface area contributed by atoms with Gasteiger partial charge >= 0.3 is 6.03 Å². The van der Waals surface area contributed by atoms with Crippen molar-refractivity contribution in [2.45, 2.75) is 44.6 Å². The van der Waals surface area contributed by atoms with E-state index in [1.54, 1.807) is 31.3 Å². The van der Waals surface area contributed by atoms with Crippen LogP contribution in [0.15, 0.2) is 24.3 Å². The average Bonchev–Trinajstić information content (AvgIpc) is 2.75. The van der Waals surface area contributed by atoms with Crippen LogP contribution >= 0.6 is 0 Å². The molecule has 21 heavy (non-hydrogen) atoms. The van der Waals surface area contributed by atoms with Crippen molar-refractivity contribution in [2.75, 3.05) is 12.4 Å². The molecule has 0 aromatic heterocycles. The van der Waals surface area contributed by atoms with Gasteiger partial charge in [0.15, 0.2) is 0 Å². The molecule has 2 rings (SSSR count). The molecule has 1 aromatic carbocycles. The molecule has 3 N–H and O–H groups in total. The molecule has 0 saturated heterocycles. The van der Waals surface area contributed by atoms with E-state index in [-0.39, 0.29) is 18.0 Å². The summed E-state index contributed by atoms with van der Waals surface area (Å²) in [6.07, 6.45) is 7.02. The Balaban J connectivity index is 1.85. The Morgan fingerprint density at radius 3 is 2.19 bits per heavy atom. The van der Waals surface area contributed by atoms with E-state index in [4.69, 9.17) is 0 Å². The lowest BCUT2D eigenvalue weighted by Crippen LogP contribution is -2.37. The molecule has 1 saturated carbocycles. The summed E-state index contributed by atoms with van der Waals surface area (Å²) >= 11 is 0. The van der Waals surface area contributed by atoms with E-state index in [0.29, 0.717) is 11.3 Å². The number of carbonyl (C=O) groups excluding carboxylic acids is 2. The number of nitrogens with one attached hydrogen (secondary N) is 3. The molecule has 0 bridgehead atoms. The predicted octanol–water partition coefficient (Wildman–Crippen LogP) is 2.89. The Labute approximate surface area is 125 Å². The first-order valence-corrected chi connectivity index (χ1v) is 7.58. The van der Waals surface area contributed by atoms with Gasteiger partial charge in [0, 0.05) is 24.3 Å². The fraction of sp³-hybridized carbons (Fsp3) is 0.500. The van der Waals surface area contributed by atoms with Crippen LogP contribution in [0.2, 0.25) is 0 Å². The molecular formula is C16H23N3O2. The van der Waals surface area contributed by atoms with Crippen LogP contribution < -0.4 is 16.0 Å². The summed E-state index contributed by atoms with van der Waals surface area (Å²) in [5.41, 5.74) is 1.26. The lowest BCUT2D eigenvalue weighted by molar-refractivity contribution is 0.0963. The number of benzene rings is 1. The minimum atomic E-state index is -0.172. The quantitative estimate of drug-likeness (QED) is 0.749. The van der Waals surface area contributed by atoms with Gasteiger partial charge in [0.05, 0.1) is 0 Å². The lowest BCUT2D eigenvalue weighted by atomic mass is 10.1. The van der Waals surface area contributed by atoms with Crippen molar-refractivity contribution >= 4 is 17.6 Å². The first-order valence-electron chi connectivity index (χ1n) is 7.58. The minimum absolute atomic E-state index is 0.135. The summed E-state index contributed by atoms with van der Waals surface area (Å²) in [5, 5.41) is 8.40. The summed E-state index contributed by atoms with van der Waals surface area (Å²) in [4.78, 5) is 23.4. The van der Waals surface area contributed by atoms with Crippen molar-refractivity contribution in [3.8, 4) is 0 Å². The van der Waals surface area contributed by atoms with Crippen molar-refractivity contribution in [3.05, 3.63) is 29.8 Å². The lowest BCUT2D eigenvalue weighted by Gasteiger charge is -2.16. The van der Waals surface area contributed by atoms with Crippen LogP contribution in [0.25, 0.3) is 0 Å². The number of hydrogen-bond acceptors (Lipinski definition) is 2. The number of hydrogen-bond donors (Lipinski definition) is 3. The van der Waals surface area contributed by atoms with Crippen LogP contribution in [-0.4, -0.2) is 25.0 Å². The second-order valence-electron chi connectivity index (χ2n) is 5.44. The maximum atomic E-state index is 12.0. The van der Waals surface area contributed by atoms with Crippen LogP contribution in [-0.2, 0) is 0 Å². The topological polar surface area (TPSA) is 70.2 Å². The molecule has 1 aliphatic rings. The molecule has 5 nitrogen and oxygen atoms in total. The molecule has 1 fully saturated rings. The molecule has 114 valence electrons. The second kappa shape index (κ2) is 7.67. The monoisotopic (exact) mass is 289 g/mol. The third-order valence-corrected chi connectivity index (χ3v) is 3.82. The molecule has 0 aliphatic heterocycles. The zero-order chi connectivity index (χ0) is 15.1.